The monoisotopic (exact) mass is 335 g/mol. The van der Waals surface area contributed by atoms with E-state index in [9.17, 15) is 10.1 Å². The van der Waals surface area contributed by atoms with Crippen LogP contribution in [0.1, 0.15) is 0 Å². The summed E-state index contributed by atoms with van der Waals surface area (Å²) >= 11 is 16.6. The fourth-order valence-corrected chi connectivity index (χ4v) is 1.63. The Morgan fingerprint density at radius 3 is 1.85 bits per heavy atom. The van der Waals surface area contributed by atoms with Crippen LogP contribution in [-0.4, -0.2) is 15.1 Å². The summed E-state index contributed by atoms with van der Waals surface area (Å²) in [6.45, 7) is 0. The molecule has 2 N–H and O–H groups in total. The lowest BCUT2D eigenvalue weighted by molar-refractivity contribution is -0.384. The highest BCUT2D eigenvalue weighted by Crippen LogP contribution is 2.32. The Hall–Kier alpha value is -1.69. The molecule has 2 aromatic rings. The van der Waals surface area contributed by atoms with E-state index in [1.807, 2.05) is 0 Å². The average Bonchev–Trinajstić information content (AvgIpc) is 2.38. The van der Waals surface area contributed by atoms with E-state index in [-0.39, 0.29) is 22.2 Å². The number of phenolic OH excluding ortho intramolecular Hbond substituents is 2. The highest BCUT2D eigenvalue weighted by molar-refractivity contribution is 6.43. The molecule has 0 aliphatic carbocycles. The molecule has 0 unspecified atom stereocenters. The molecule has 0 saturated carbocycles. The molecule has 0 aliphatic rings. The standard InChI is InChI=1S/C6H3Cl3O.C6H5NO3/c7-3-1-5(9)6(10)2-4(3)8;8-6-3-1-5(2-4-6)7(9)10/h1-2,10H;1-4,8H. The first-order chi connectivity index (χ1) is 9.31. The molecule has 2 rings (SSSR count). The highest BCUT2D eigenvalue weighted by atomic mass is 35.5. The third-order valence-corrected chi connectivity index (χ3v) is 3.08. The first kappa shape index (κ1) is 16.4. The zero-order valence-electron chi connectivity index (χ0n) is 9.76. The van der Waals surface area contributed by atoms with Crippen LogP contribution in [0.2, 0.25) is 15.1 Å². The highest BCUT2D eigenvalue weighted by Gasteiger charge is 2.03. The van der Waals surface area contributed by atoms with Crippen molar-refractivity contribution in [3.8, 4) is 11.5 Å². The number of nitrogens with zero attached hydrogens (tertiary/aromatic N) is 1. The average molecular weight is 337 g/mol. The normalized spacial score (nSPS) is 9.55. The fourth-order valence-electron chi connectivity index (χ4n) is 1.09. The summed E-state index contributed by atoms with van der Waals surface area (Å²) in [4.78, 5) is 9.52. The van der Waals surface area contributed by atoms with E-state index in [1.54, 1.807) is 0 Å². The Morgan fingerprint density at radius 2 is 1.40 bits per heavy atom. The van der Waals surface area contributed by atoms with Gasteiger partial charge in [-0.25, -0.2) is 0 Å². The van der Waals surface area contributed by atoms with E-state index >= 15 is 0 Å². The van der Waals surface area contributed by atoms with Crippen molar-refractivity contribution in [3.05, 3.63) is 61.6 Å². The lowest BCUT2D eigenvalue weighted by Gasteiger charge is -1.97. The van der Waals surface area contributed by atoms with Gasteiger partial charge in [-0.1, -0.05) is 34.8 Å². The minimum absolute atomic E-state index is 0.0159. The Morgan fingerprint density at radius 1 is 0.900 bits per heavy atom. The second-order valence-corrected chi connectivity index (χ2v) is 4.71. The summed E-state index contributed by atoms with van der Waals surface area (Å²) in [6.07, 6.45) is 0. The maximum atomic E-state index is 10.0. The molecule has 0 spiro atoms. The summed E-state index contributed by atoms with van der Waals surface area (Å²) < 4.78 is 0. The number of nitro groups is 1. The maximum Gasteiger partial charge on any atom is 0.269 e. The molecule has 0 heterocycles. The van der Waals surface area contributed by atoms with Crippen LogP contribution in [0.25, 0.3) is 0 Å². The van der Waals surface area contributed by atoms with Crippen molar-refractivity contribution in [1.82, 2.24) is 0 Å². The van der Waals surface area contributed by atoms with Crippen LogP contribution < -0.4 is 0 Å². The summed E-state index contributed by atoms with van der Waals surface area (Å²) in [6, 6.07) is 7.73. The molecule has 0 aliphatic heterocycles. The molecular formula is C12H8Cl3NO4. The lowest BCUT2D eigenvalue weighted by atomic mass is 10.3. The number of hydrogen-bond acceptors (Lipinski definition) is 4. The van der Waals surface area contributed by atoms with Crippen LogP contribution in [0.5, 0.6) is 11.5 Å². The van der Waals surface area contributed by atoms with Crippen molar-refractivity contribution in [2.24, 2.45) is 0 Å². The molecule has 106 valence electrons. The number of phenols is 2. The second-order valence-electron chi connectivity index (χ2n) is 3.49. The summed E-state index contributed by atoms with van der Waals surface area (Å²) in [5, 5.41) is 28.5. The van der Waals surface area contributed by atoms with E-state index in [2.05, 4.69) is 0 Å². The summed E-state index contributed by atoms with van der Waals surface area (Å²) in [5.74, 6) is -0.0262. The van der Waals surface area contributed by atoms with E-state index < -0.39 is 4.92 Å². The Bertz CT molecular complexity index is 567. The smallest absolute Gasteiger partial charge is 0.269 e. The number of halogens is 3. The van der Waals surface area contributed by atoms with Gasteiger partial charge in [-0.05, 0) is 18.2 Å². The van der Waals surface area contributed by atoms with Crippen LogP contribution in [0.4, 0.5) is 5.69 Å². The van der Waals surface area contributed by atoms with Gasteiger partial charge in [0.15, 0.2) is 0 Å². The van der Waals surface area contributed by atoms with Gasteiger partial charge in [0, 0.05) is 18.2 Å². The van der Waals surface area contributed by atoms with Gasteiger partial charge in [-0.3, -0.25) is 10.1 Å². The zero-order valence-corrected chi connectivity index (χ0v) is 12.0. The van der Waals surface area contributed by atoms with E-state index in [1.165, 1.54) is 36.4 Å². The molecule has 0 amide bonds. The molecule has 0 radical (unpaired) electrons. The number of hydrogen-bond donors (Lipinski definition) is 2. The molecule has 0 bridgehead atoms. The van der Waals surface area contributed by atoms with Gasteiger partial charge in [-0.15, -0.1) is 0 Å². The van der Waals surface area contributed by atoms with Crippen LogP contribution in [0.15, 0.2) is 36.4 Å². The maximum absolute atomic E-state index is 10.0. The largest absolute Gasteiger partial charge is 0.508 e. The Kier molecular flexibility index (Phi) is 5.88. The number of nitro benzene ring substituents is 1. The molecule has 2 aromatic carbocycles. The van der Waals surface area contributed by atoms with Gasteiger partial charge < -0.3 is 10.2 Å². The van der Waals surface area contributed by atoms with Gasteiger partial charge in [0.05, 0.1) is 20.0 Å². The van der Waals surface area contributed by atoms with Gasteiger partial charge in [0.1, 0.15) is 11.5 Å². The summed E-state index contributed by atoms with van der Waals surface area (Å²) in [5.41, 5.74) is -0.0159. The van der Waals surface area contributed by atoms with E-state index in [4.69, 9.17) is 45.0 Å². The summed E-state index contributed by atoms with van der Waals surface area (Å²) in [7, 11) is 0. The third-order valence-electron chi connectivity index (χ3n) is 2.05. The second kappa shape index (κ2) is 7.19. The van der Waals surface area contributed by atoms with Crippen LogP contribution in [0, 0.1) is 10.1 Å². The van der Waals surface area contributed by atoms with Crippen molar-refractivity contribution in [2.75, 3.05) is 0 Å². The lowest BCUT2D eigenvalue weighted by Crippen LogP contribution is -1.85. The molecule has 0 atom stereocenters. The Balaban J connectivity index is 0.000000200. The van der Waals surface area contributed by atoms with Crippen LogP contribution >= 0.6 is 34.8 Å². The number of benzene rings is 2. The molecule has 8 heteroatoms. The Labute approximate surface area is 129 Å². The van der Waals surface area contributed by atoms with Crippen LogP contribution in [-0.2, 0) is 0 Å². The number of non-ortho nitro benzene ring substituents is 1. The van der Waals surface area contributed by atoms with E-state index in [0.717, 1.165) is 0 Å². The minimum atomic E-state index is -0.514. The zero-order chi connectivity index (χ0) is 15.3. The quantitative estimate of drug-likeness (QED) is 0.451. The van der Waals surface area contributed by atoms with Gasteiger partial charge in [-0.2, -0.15) is 0 Å². The van der Waals surface area contributed by atoms with Crippen LogP contribution in [0.3, 0.4) is 0 Å². The predicted molar refractivity (Wildman–Crippen MR) is 77.9 cm³/mol. The molecule has 5 nitrogen and oxygen atoms in total. The van der Waals surface area contributed by atoms with Crippen molar-refractivity contribution in [3.63, 3.8) is 0 Å². The number of rotatable bonds is 1. The molecule has 20 heavy (non-hydrogen) atoms. The predicted octanol–water partition coefficient (Wildman–Crippen LogP) is 4.65. The molecule has 0 aromatic heterocycles. The third kappa shape index (κ3) is 4.77. The minimum Gasteiger partial charge on any atom is -0.508 e. The fraction of sp³-hybridized carbons (Fsp3) is 0. The van der Waals surface area contributed by atoms with Crippen molar-refractivity contribution >= 4 is 40.5 Å². The van der Waals surface area contributed by atoms with Crippen molar-refractivity contribution < 1.29 is 15.1 Å². The van der Waals surface area contributed by atoms with Crippen molar-refractivity contribution in [2.45, 2.75) is 0 Å². The molecular weight excluding hydrogens is 328 g/mol. The topological polar surface area (TPSA) is 83.6 Å². The first-order valence-electron chi connectivity index (χ1n) is 5.08. The van der Waals surface area contributed by atoms with Gasteiger partial charge in [0.25, 0.3) is 5.69 Å². The van der Waals surface area contributed by atoms with Gasteiger partial charge in [0.2, 0.25) is 0 Å². The van der Waals surface area contributed by atoms with Crippen molar-refractivity contribution in [1.29, 1.82) is 0 Å². The van der Waals surface area contributed by atoms with Gasteiger partial charge >= 0.3 is 0 Å². The molecule has 0 fully saturated rings. The van der Waals surface area contributed by atoms with E-state index in [0.29, 0.717) is 10.0 Å². The molecule has 0 saturated heterocycles. The number of aromatic hydroxyl groups is 2. The first-order valence-corrected chi connectivity index (χ1v) is 6.21. The SMILES string of the molecule is O=[N+]([O-])c1ccc(O)cc1.Oc1cc(Cl)c(Cl)cc1Cl.